The van der Waals surface area contributed by atoms with E-state index in [9.17, 15) is 24.0 Å². The van der Waals surface area contributed by atoms with Crippen LogP contribution in [0.3, 0.4) is 0 Å². The van der Waals surface area contributed by atoms with E-state index in [1.54, 1.807) is 0 Å². The molecule has 0 aliphatic rings. The van der Waals surface area contributed by atoms with E-state index in [4.69, 9.17) is 10.2 Å². The maximum atomic E-state index is 11.8. The van der Waals surface area contributed by atoms with Crippen LogP contribution in [0.1, 0.15) is 33.6 Å². The van der Waals surface area contributed by atoms with E-state index in [0.717, 1.165) is 0 Å². The molecule has 0 aromatic heterocycles. The second kappa shape index (κ2) is 9.38. The van der Waals surface area contributed by atoms with Crippen LogP contribution >= 0.6 is 0 Å². The Morgan fingerprint density at radius 1 is 0.739 bits per heavy atom. The molecule has 0 fully saturated rings. The summed E-state index contributed by atoms with van der Waals surface area (Å²) in [5.74, 6) is -4.28. The van der Waals surface area contributed by atoms with Gasteiger partial charge in [-0.05, 0) is 20.8 Å². The van der Waals surface area contributed by atoms with Gasteiger partial charge in [0, 0.05) is 6.42 Å². The Kier molecular flexibility index (Phi) is 8.30. The lowest BCUT2D eigenvalue weighted by molar-refractivity contribution is -0.141. The van der Waals surface area contributed by atoms with Crippen molar-refractivity contribution in [3.63, 3.8) is 0 Å². The number of aliphatic carboxylic acids is 2. The molecule has 0 saturated carbocycles. The highest BCUT2D eigenvalue weighted by Gasteiger charge is 2.23. The normalized spacial score (nSPS) is 14.0. The second-order valence-corrected chi connectivity index (χ2v) is 4.98. The summed E-state index contributed by atoms with van der Waals surface area (Å²) >= 11 is 0. The number of amides is 3. The first-order chi connectivity index (χ1) is 10.5. The maximum absolute atomic E-state index is 11.8. The summed E-state index contributed by atoms with van der Waals surface area (Å²) in [5, 5.41) is 23.9. The SMILES string of the molecule is C[C@H](NC(=O)[C@H](C)NC(=O)[C@H](C)NC(=O)CCC(=O)O)C(=O)O. The summed E-state index contributed by atoms with van der Waals surface area (Å²) < 4.78 is 0. The molecule has 0 saturated heterocycles. The first-order valence-corrected chi connectivity index (χ1v) is 6.89. The quantitative estimate of drug-likeness (QED) is 0.341. The van der Waals surface area contributed by atoms with Crippen LogP contribution in [0.4, 0.5) is 0 Å². The van der Waals surface area contributed by atoms with Gasteiger partial charge in [0.2, 0.25) is 17.7 Å². The minimum atomic E-state index is -1.21. The van der Waals surface area contributed by atoms with Crippen LogP contribution in [0.2, 0.25) is 0 Å². The zero-order valence-electron chi connectivity index (χ0n) is 13.1. The Morgan fingerprint density at radius 2 is 1.17 bits per heavy atom. The van der Waals surface area contributed by atoms with Crippen molar-refractivity contribution in [1.82, 2.24) is 16.0 Å². The average Bonchev–Trinajstić information content (AvgIpc) is 2.44. The molecule has 0 aromatic carbocycles. The molecular weight excluding hydrogens is 310 g/mol. The van der Waals surface area contributed by atoms with E-state index in [0.29, 0.717) is 0 Å². The fraction of sp³-hybridized carbons (Fsp3) is 0.615. The van der Waals surface area contributed by atoms with Crippen molar-refractivity contribution in [3.8, 4) is 0 Å². The fourth-order valence-electron chi connectivity index (χ4n) is 1.40. The molecule has 0 radical (unpaired) electrons. The second-order valence-electron chi connectivity index (χ2n) is 4.98. The molecule has 0 aliphatic heterocycles. The van der Waals surface area contributed by atoms with Gasteiger partial charge in [0.15, 0.2) is 0 Å². The van der Waals surface area contributed by atoms with Gasteiger partial charge in [0.05, 0.1) is 6.42 Å². The van der Waals surface area contributed by atoms with E-state index in [1.165, 1.54) is 20.8 Å². The lowest BCUT2D eigenvalue weighted by Crippen LogP contribution is -2.53. The standard InChI is InChI=1S/C13H21N3O7/c1-6(14-9(17)4-5-10(18)19)11(20)15-7(2)12(21)16-8(3)13(22)23/h6-8H,4-5H2,1-3H3,(H,14,17)(H,15,20)(H,16,21)(H,18,19)(H,22,23)/t6-,7-,8-/m0/s1. The molecule has 0 rings (SSSR count). The molecule has 3 amide bonds. The lowest BCUT2D eigenvalue weighted by atomic mass is 10.2. The van der Waals surface area contributed by atoms with Crippen molar-refractivity contribution in [2.45, 2.75) is 51.7 Å². The molecule has 5 N–H and O–H groups in total. The Labute approximate surface area is 132 Å². The number of carboxylic acids is 2. The number of carbonyl (C=O) groups is 5. The fourth-order valence-corrected chi connectivity index (χ4v) is 1.40. The predicted molar refractivity (Wildman–Crippen MR) is 77.3 cm³/mol. The minimum absolute atomic E-state index is 0.265. The zero-order chi connectivity index (χ0) is 18.2. The van der Waals surface area contributed by atoms with Gasteiger partial charge < -0.3 is 26.2 Å². The van der Waals surface area contributed by atoms with Crippen LogP contribution in [-0.4, -0.2) is 58.0 Å². The van der Waals surface area contributed by atoms with Crippen LogP contribution < -0.4 is 16.0 Å². The third-order valence-corrected chi connectivity index (χ3v) is 2.82. The van der Waals surface area contributed by atoms with E-state index in [-0.39, 0.29) is 12.8 Å². The van der Waals surface area contributed by atoms with Crippen molar-refractivity contribution in [2.24, 2.45) is 0 Å². The summed E-state index contributed by atoms with van der Waals surface area (Å²) in [7, 11) is 0. The first kappa shape index (κ1) is 20.3. The Bertz CT molecular complexity index is 492. The van der Waals surface area contributed by atoms with Crippen molar-refractivity contribution >= 4 is 29.7 Å². The molecule has 0 unspecified atom stereocenters. The molecule has 0 spiro atoms. The van der Waals surface area contributed by atoms with Crippen LogP contribution in [0.25, 0.3) is 0 Å². The number of hydrogen-bond acceptors (Lipinski definition) is 5. The summed E-state index contributed by atoms with van der Waals surface area (Å²) in [5.41, 5.74) is 0. The smallest absolute Gasteiger partial charge is 0.325 e. The van der Waals surface area contributed by atoms with E-state index in [2.05, 4.69) is 16.0 Å². The summed E-state index contributed by atoms with van der Waals surface area (Å²) in [4.78, 5) is 55.9. The van der Waals surface area contributed by atoms with Gasteiger partial charge in [-0.3, -0.25) is 24.0 Å². The first-order valence-electron chi connectivity index (χ1n) is 6.89. The highest BCUT2D eigenvalue weighted by Crippen LogP contribution is 1.93. The Morgan fingerprint density at radius 3 is 1.61 bits per heavy atom. The number of rotatable bonds is 9. The Hall–Kier alpha value is -2.65. The number of hydrogen-bond donors (Lipinski definition) is 5. The van der Waals surface area contributed by atoms with E-state index in [1.807, 2.05) is 0 Å². The average molecular weight is 331 g/mol. The van der Waals surface area contributed by atoms with Crippen molar-refractivity contribution in [2.75, 3.05) is 0 Å². The van der Waals surface area contributed by atoms with Crippen molar-refractivity contribution in [3.05, 3.63) is 0 Å². The predicted octanol–water partition coefficient (Wildman–Crippen LogP) is -1.55. The van der Waals surface area contributed by atoms with Gasteiger partial charge in [-0.15, -0.1) is 0 Å². The van der Waals surface area contributed by atoms with Crippen LogP contribution in [-0.2, 0) is 24.0 Å². The Balaban J connectivity index is 4.34. The molecule has 23 heavy (non-hydrogen) atoms. The number of carboxylic acid groups (broad SMARTS) is 2. The highest BCUT2D eigenvalue weighted by molar-refractivity contribution is 5.93. The molecule has 130 valence electrons. The largest absolute Gasteiger partial charge is 0.481 e. The molecular formula is C13H21N3O7. The lowest BCUT2D eigenvalue weighted by Gasteiger charge is -2.19. The third-order valence-electron chi connectivity index (χ3n) is 2.82. The maximum Gasteiger partial charge on any atom is 0.325 e. The van der Waals surface area contributed by atoms with Crippen LogP contribution in [0.5, 0.6) is 0 Å². The van der Waals surface area contributed by atoms with Crippen LogP contribution in [0, 0.1) is 0 Å². The van der Waals surface area contributed by atoms with Gasteiger partial charge >= 0.3 is 11.9 Å². The third kappa shape index (κ3) is 8.39. The summed E-state index contributed by atoms with van der Waals surface area (Å²) in [6, 6.07) is -3.07. The summed E-state index contributed by atoms with van der Waals surface area (Å²) in [6.45, 7) is 4.01. The monoisotopic (exact) mass is 331 g/mol. The van der Waals surface area contributed by atoms with Crippen LogP contribution in [0.15, 0.2) is 0 Å². The summed E-state index contributed by atoms with van der Waals surface area (Å²) in [6.07, 6.45) is -0.620. The van der Waals surface area contributed by atoms with Gasteiger partial charge in [-0.25, -0.2) is 0 Å². The number of carbonyl (C=O) groups excluding carboxylic acids is 3. The number of nitrogens with one attached hydrogen (secondary N) is 3. The van der Waals surface area contributed by atoms with Crippen molar-refractivity contribution < 1.29 is 34.2 Å². The van der Waals surface area contributed by atoms with Crippen molar-refractivity contribution in [1.29, 1.82) is 0 Å². The van der Waals surface area contributed by atoms with Gasteiger partial charge in [0.25, 0.3) is 0 Å². The molecule has 3 atom stereocenters. The molecule has 0 heterocycles. The van der Waals surface area contributed by atoms with Gasteiger partial charge in [0.1, 0.15) is 18.1 Å². The van der Waals surface area contributed by atoms with E-state index < -0.39 is 47.8 Å². The van der Waals surface area contributed by atoms with Gasteiger partial charge in [-0.2, -0.15) is 0 Å². The van der Waals surface area contributed by atoms with Gasteiger partial charge in [-0.1, -0.05) is 0 Å². The highest BCUT2D eigenvalue weighted by atomic mass is 16.4. The minimum Gasteiger partial charge on any atom is -0.481 e. The zero-order valence-corrected chi connectivity index (χ0v) is 13.1. The molecule has 0 bridgehead atoms. The van der Waals surface area contributed by atoms with E-state index >= 15 is 0 Å². The molecule has 10 nitrogen and oxygen atoms in total. The molecule has 10 heteroatoms. The topological polar surface area (TPSA) is 162 Å². The molecule has 0 aliphatic carbocycles. The molecule has 0 aromatic rings.